The maximum absolute atomic E-state index is 10.8. The molecule has 0 aliphatic rings. The van der Waals surface area contributed by atoms with Gasteiger partial charge in [0.15, 0.2) is 0 Å². The molecule has 0 aromatic carbocycles. The molecule has 0 amide bonds. The van der Waals surface area contributed by atoms with E-state index in [1.54, 1.807) is 0 Å². The molecule has 0 atom stereocenters. The van der Waals surface area contributed by atoms with E-state index in [0.717, 1.165) is 6.26 Å². The number of rotatable bonds is 8. The molecule has 0 bridgehead atoms. The van der Waals surface area contributed by atoms with Gasteiger partial charge in [0.05, 0.1) is 12.9 Å². The average Bonchev–Trinajstić information content (AvgIpc) is 2.26. The Morgan fingerprint density at radius 1 is 1.26 bits per heavy atom. The Hall–Kier alpha value is -1.19. The van der Waals surface area contributed by atoms with Crippen LogP contribution in [0.25, 0.3) is 0 Å². The van der Waals surface area contributed by atoms with Crippen molar-refractivity contribution in [3.05, 3.63) is 5.28 Å². The van der Waals surface area contributed by atoms with Crippen LogP contribution in [0.4, 0.5) is 5.95 Å². The van der Waals surface area contributed by atoms with Crippen molar-refractivity contribution in [3.63, 3.8) is 0 Å². The second kappa shape index (κ2) is 7.41. The van der Waals surface area contributed by atoms with Gasteiger partial charge < -0.3 is 10.1 Å². The highest BCUT2D eigenvalue weighted by atomic mass is 35.5. The van der Waals surface area contributed by atoms with E-state index in [1.807, 2.05) is 6.92 Å². The number of nitrogens with zero attached hydrogens (tertiary/aromatic N) is 3. The molecule has 10 heteroatoms. The number of hydrogen-bond donors (Lipinski definition) is 2. The highest BCUT2D eigenvalue weighted by Gasteiger charge is 2.05. The lowest BCUT2D eigenvalue weighted by atomic mass is 10.4. The smallest absolute Gasteiger partial charge is 0.322 e. The van der Waals surface area contributed by atoms with Crippen LogP contribution in [0.3, 0.4) is 0 Å². The summed E-state index contributed by atoms with van der Waals surface area (Å²) >= 11 is 5.71. The molecule has 0 spiro atoms. The molecule has 0 saturated heterocycles. The Morgan fingerprint density at radius 3 is 2.63 bits per heavy atom. The van der Waals surface area contributed by atoms with Crippen molar-refractivity contribution in [1.29, 1.82) is 0 Å². The number of aromatic nitrogens is 3. The second-order valence-electron chi connectivity index (χ2n) is 3.59. The normalized spacial score (nSPS) is 11.3. The van der Waals surface area contributed by atoms with Gasteiger partial charge in [-0.3, -0.25) is 0 Å². The number of anilines is 1. The number of hydrogen-bond acceptors (Lipinski definition) is 7. The van der Waals surface area contributed by atoms with Crippen molar-refractivity contribution in [2.75, 3.05) is 31.3 Å². The van der Waals surface area contributed by atoms with Crippen molar-refractivity contribution in [1.82, 2.24) is 19.7 Å². The predicted octanol–water partition coefficient (Wildman–Crippen LogP) is 0.275. The molecule has 8 nitrogen and oxygen atoms in total. The summed E-state index contributed by atoms with van der Waals surface area (Å²) < 4.78 is 29.2. The van der Waals surface area contributed by atoms with Crippen LogP contribution in [0, 0.1) is 0 Å². The van der Waals surface area contributed by atoms with E-state index >= 15 is 0 Å². The predicted molar refractivity (Wildman–Crippen MR) is 72.0 cm³/mol. The SMILES string of the molecule is CCOc1nc(Cl)nc(NCCCNS(C)(=O)=O)n1. The maximum Gasteiger partial charge on any atom is 0.322 e. The Bertz CT molecular complexity index is 511. The first kappa shape index (κ1) is 15.9. The highest BCUT2D eigenvalue weighted by Crippen LogP contribution is 2.10. The molecular formula is C9H16ClN5O3S. The Balaban J connectivity index is 2.40. The summed E-state index contributed by atoms with van der Waals surface area (Å²) in [4.78, 5) is 11.7. The summed E-state index contributed by atoms with van der Waals surface area (Å²) in [6.07, 6.45) is 1.70. The first-order chi connectivity index (χ1) is 8.90. The molecule has 108 valence electrons. The zero-order valence-electron chi connectivity index (χ0n) is 10.7. The fourth-order valence-electron chi connectivity index (χ4n) is 1.15. The highest BCUT2D eigenvalue weighted by molar-refractivity contribution is 7.88. The Morgan fingerprint density at radius 2 is 2.00 bits per heavy atom. The van der Waals surface area contributed by atoms with E-state index in [-0.39, 0.29) is 11.3 Å². The molecule has 0 aliphatic heterocycles. The fourth-order valence-corrected chi connectivity index (χ4v) is 1.82. The topological polar surface area (TPSA) is 106 Å². The van der Waals surface area contributed by atoms with Crippen LogP contribution in [0.1, 0.15) is 13.3 Å². The minimum Gasteiger partial charge on any atom is -0.464 e. The number of sulfonamides is 1. The lowest BCUT2D eigenvalue weighted by molar-refractivity contribution is 0.312. The first-order valence-corrected chi connectivity index (χ1v) is 7.90. The summed E-state index contributed by atoms with van der Waals surface area (Å²) in [5.74, 6) is 0.294. The zero-order valence-corrected chi connectivity index (χ0v) is 12.3. The van der Waals surface area contributed by atoms with Gasteiger partial charge in [0, 0.05) is 13.1 Å². The molecule has 1 heterocycles. The van der Waals surface area contributed by atoms with E-state index in [9.17, 15) is 8.42 Å². The van der Waals surface area contributed by atoms with E-state index in [2.05, 4.69) is 25.0 Å². The molecule has 0 aliphatic carbocycles. The van der Waals surface area contributed by atoms with Gasteiger partial charge in [0.25, 0.3) is 0 Å². The largest absolute Gasteiger partial charge is 0.464 e. The van der Waals surface area contributed by atoms with E-state index in [0.29, 0.717) is 32.1 Å². The van der Waals surface area contributed by atoms with Gasteiger partial charge in [0.1, 0.15) is 0 Å². The molecule has 2 N–H and O–H groups in total. The van der Waals surface area contributed by atoms with Crippen molar-refractivity contribution in [2.24, 2.45) is 0 Å². The maximum atomic E-state index is 10.8. The van der Waals surface area contributed by atoms with Crippen LogP contribution in [0.5, 0.6) is 6.01 Å². The van der Waals surface area contributed by atoms with Gasteiger partial charge in [-0.1, -0.05) is 0 Å². The lowest BCUT2D eigenvalue weighted by Gasteiger charge is -2.07. The second-order valence-corrected chi connectivity index (χ2v) is 5.76. The summed E-state index contributed by atoms with van der Waals surface area (Å²) in [5, 5.41) is 2.95. The molecule has 1 aromatic rings. The Kier molecular flexibility index (Phi) is 6.19. The molecule has 19 heavy (non-hydrogen) atoms. The molecule has 0 saturated carbocycles. The Labute approximate surface area is 117 Å². The third-order valence-corrected chi connectivity index (χ3v) is 2.76. The summed E-state index contributed by atoms with van der Waals surface area (Å²) in [7, 11) is -3.15. The van der Waals surface area contributed by atoms with Crippen LogP contribution >= 0.6 is 11.6 Å². The van der Waals surface area contributed by atoms with Crippen LogP contribution in [-0.4, -0.2) is 49.3 Å². The van der Waals surface area contributed by atoms with Crippen LogP contribution in [0.2, 0.25) is 5.28 Å². The molecule has 0 unspecified atom stereocenters. The number of ether oxygens (including phenoxy) is 1. The van der Waals surface area contributed by atoms with Gasteiger partial charge in [-0.25, -0.2) is 13.1 Å². The van der Waals surface area contributed by atoms with Crippen LogP contribution in [0.15, 0.2) is 0 Å². The zero-order chi connectivity index (χ0) is 14.3. The minimum atomic E-state index is -3.15. The fraction of sp³-hybridized carbons (Fsp3) is 0.667. The van der Waals surface area contributed by atoms with Crippen molar-refractivity contribution in [3.8, 4) is 6.01 Å². The van der Waals surface area contributed by atoms with E-state index in [1.165, 1.54) is 0 Å². The van der Waals surface area contributed by atoms with Crippen molar-refractivity contribution < 1.29 is 13.2 Å². The van der Waals surface area contributed by atoms with Crippen LogP contribution in [-0.2, 0) is 10.0 Å². The van der Waals surface area contributed by atoms with Crippen molar-refractivity contribution >= 4 is 27.6 Å². The summed E-state index contributed by atoms with van der Waals surface area (Å²) in [6.45, 7) is 3.07. The van der Waals surface area contributed by atoms with Gasteiger partial charge in [0.2, 0.25) is 21.3 Å². The monoisotopic (exact) mass is 309 g/mol. The average molecular weight is 310 g/mol. The number of nitrogens with one attached hydrogen (secondary N) is 2. The first-order valence-electron chi connectivity index (χ1n) is 5.63. The molecule has 0 radical (unpaired) electrons. The van der Waals surface area contributed by atoms with E-state index in [4.69, 9.17) is 16.3 Å². The molecule has 0 fully saturated rings. The van der Waals surface area contributed by atoms with Gasteiger partial charge >= 0.3 is 6.01 Å². The van der Waals surface area contributed by atoms with E-state index < -0.39 is 10.0 Å². The van der Waals surface area contributed by atoms with Gasteiger partial charge in [-0.15, -0.1) is 0 Å². The summed E-state index contributed by atoms with van der Waals surface area (Å²) in [6, 6.07) is 0.152. The summed E-state index contributed by atoms with van der Waals surface area (Å²) in [5.41, 5.74) is 0. The third kappa shape index (κ3) is 7.09. The minimum absolute atomic E-state index is 0.0372. The van der Waals surface area contributed by atoms with Crippen LogP contribution < -0.4 is 14.8 Å². The molecule has 1 rings (SSSR count). The standard InChI is InChI=1S/C9H16ClN5O3S/c1-3-18-9-14-7(10)13-8(15-9)11-5-4-6-12-19(2,16)17/h12H,3-6H2,1-2H3,(H,11,13,14,15). The third-order valence-electron chi connectivity index (χ3n) is 1.86. The van der Waals surface area contributed by atoms with Crippen molar-refractivity contribution in [2.45, 2.75) is 13.3 Å². The molecule has 1 aromatic heterocycles. The number of halogens is 1. The quantitative estimate of drug-likeness (QED) is 0.664. The van der Waals surface area contributed by atoms with Gasteiger partial charge in [-0.05, 0) is 24.9 Å². The lowest BCUT2D eigenvalue weighted by Crippen LogP contribution is -2.24. The van der Waals surface area contributed by atoms with Gasteiger partial charge in [-0.2, -0.15) is 15.0 Å². The molecular weight excluding hydrogens is 294 g/mol.